The van der Waals surface area contributed by atoms with Crippen LogP contribution in [-0.2, 0) is 4.79 Å². The third kappa shape index (κ3) is 39.8. The first kappa shape index (κ1) is 49.8. The number of amides is 1. The molecule has 0 aliphatic rings. The molecule has 4 nitrogen and oxygen atoms in total. The summed E-state index contributed by atoms with van der Waals surface area (Å²) in [5.74, 6) is -0.0937. The summed E-state index contributed by atoms with van der Waals surface area (Å²) in [5, 5.41) is 22.8. The minimum Gasteiger partial charge on any atom is -0.394 e. The molecule has 0 radical (unpaired) electrons. The molecule has 298 valence electrons. The lowest BCUT2D eigenvalue weighted by molar-refractivity contribution is -0.123. The Labute approximate surface area is 327 Å². The SMILES string of the molecule is CC/C=C\C/C=C\C/C=C\C/C=C\C/C=C\C/C=C\C/C=C\C/C=C\CCCCCCCCCCC(=O)NC(CO)C(O)/C=C/CC/C=C/CCCC. The number of aliphatic hydroxyl groups is 2. The van der Waals surface area contributed by atoms with Gasteiger partial charge in [0.15, 0.2) is 0 Å². The van der Waals surface area contributed by atoms with Gasteiger partial charge in [0.05, 0.1) is 18.8 Å². The Morgan fingerprint density at radius 1 is 0.472 bits per heavy atom. The maximum Gasteiger partial charge on any atom is 0.220 e. The third-order valence-electron chi connectivity index (χ3n) is 8.68. The summed E-state index contributed by atoms with van der Waals surface area (Å²) in [6.07, 6.45) is 67.4. The van der Waals surface area contributed by atoms with E-state index in [1.165, 1.54) is 44.9 Å². The smallest absolute Gasteiger partial charge is 0.220 e. The van der Waals surface area contributed by atoms with Gasteiger partial charge in [0.2, 0.25) is 5.91 Å². The van der Waals surface area contributed by atoms with Crippen molar-refractivity contribution in [3.8, 4) is 0 Å². The van der Waals surface area contributed by atoms with Gasteiger partial charge in [0, 0.05) is 6.42 Å². The Bertz CT molecular complexity index is 1100. The van der Waals surface area contributed by atoms with Crippen LogP contribution in [0.2, 0.25) is 0 Å². The van der Waals surface area contributed by atoms with Crippen molar-refractivity contribution in [1.82, 2.24) is 5.32 Å². The zero-order valence-electron chi connectivity index (χ0n) is 34.0. The summed E-state index contributed by atoms with van der Waals surface area (Å²) < 4.78 is 0. The molecule has 0 fully saturated rings. The van der Waals surface area contributed by atoms with E-state index in [-0.39, 0.29) is 12.5 Å². The fraction of sp³-hybridized carbons (Fsp3) is 0.571. The summed E-state index contributed by atoms with van der Waals surface area (Å²) in [6.45, 7) is 4.08. The monoisotopic (exact) mass is 730 g/mol. The molecule has 2 atom stereocenters. The maximum absolute atomic E-state index is 12.3. The lowest BCUT2D eigenvalue weighted by Crippen LogP contribution is -2.45. The van der Waals surface area contributed by atoms with Crippen LogP contribution in [0.15, 0.2) is 122 Å². The number of carbonyl (C=O) groups excluding carboxylic acids is 1. The average molecular weight is 730 g/mol. The number of aliphatic hydroxyl groups excluding tert-OH is 2. The predicted molar refractivity (Wildman–Crippen MR) is 234 cm³/mol. The van der Waals surface area contributed by atoms with Crippen LogP contribution < -0.4 is 5.32 Å². The molecule has 0 aromatic heterocycles. The molecule has 0 saturated heterocycles. The molecule has 0 heterocycles. The van der Waals surface area contributed by atoms with Crippen molar-refractivity contribution in [3.05, 3.63) is 122 Å². The van der Waals surface area contributed by atoms with E-state index in [1.54, 1.807) is 6.08 Å². The summed E-state index contributed by atoms with van der Waals surface area (Å²) in [5.41, 5.74) is 0. The predicted octanol–water partition coefficient (Wildman–Crippen LogP) is 13.4. The van der Waals surface area contributed by atoms with E-state index in [4.69, 9.17) is 0 Å². The number of unbranched alkanes of at least 4 members (excludes halogenated alkanes) is 11. The first-order valence-corrected chi connectivity index (χ1v) is 21.2. The highest BCUT2D eigenvalue weighted by molar-refractivity contribution is 5.76. The molecule has 0 saturated carbocycles. The zero-order valence-corrected chi connectivity index (χ0v) is 34.0. The molecular weight excluding hydrogens is 651 g/mol. The lowest BCUT2D eigenvalue weighted by atomic mass is 10.1. The average Bonchev–Trinajstić information content (AvgIpc) is 3.16. The second-order valence-corrected chi connectivity index (χ2v) is 13.7. The van der Waals surface area contributed by atoms with Crippen molar-refractivity contribution in [1.29, 1.82) is 0 Å². The van der Waals surface area contributed by atoms with E-state index in [9.17, 15) is 15.0 Å². The molecule has 0 aromatic carbocycles. The Morgan fingerprint density at radius 2 is 0.849 bits per heavy atom. The van der Waals surface area contributed by atoms with Crippen molar-refractivity contribution >= 4 is 5.91 Å². The van der Waals surface area contributed by atoms with Crippen LogP contribution >= 0.6 is 0 Å². The first-order valence-electron chi connectivity index (χ1n) is 21.2. The van der Waals surface area contributed by atoms with Crippen molar-refractivity contribution in [2.75, 3.05) is 6.61 Å². The van der Waals surface area contributed by atoms with Gasteiger partial charge < -0.3 is 15.5 Å². The highest BCUT2D eigenvalue weighted by Crippen LogP contribution is 2.11. The van der Waals surface area contributed by atoms with Gasteiger partial charge in [-0.1, -0.05) is 187 Å². The molecule has 0 rings (SSSR count). The van der Waals surface area contributed by atoms with Gasteiger partial charge in [0.25, 0.3) is 0 Å². The number of rotatable bonds is 36. The van der Waals surface area contributed by atoms with Gasteiger partial charge in [-0.15, -0.1) is 0 Å². The van der Waals surface area contributed by atoms with Gasteiger partial charge in [-0.25, -0.2) is 0 Å². The number of hydrogen-bond acceptors (Lipinski definition) is 3. The second kappa shape index (κ2) is 43.2. The molecule has 3 N–H and O–H groups in total. The molecular formula is C49H79NO3. The quantitative estimate of drug-likeness (QED) is 0.0444. The zero-order chi connectivity index (χ0) is 38.6. The summed E-state index contributed by atoms with van der Waals surface area (Å²) in [7, 11) is 0. The highest BCUT2D eigenvalue weighted by Gasteiger charge is 2.17. The molecule has 4 heteroatoms. The van der Waals surface area contributed by atoms with E-state index in [2.05, 4.69) is 129 Å². The second-order valence-electron chi connectivity index (χ2n) is 13.7. The largest absolute Gasteiger partial charge is 0.394 e. The van der Waals surface area contributed by atoms with E-state index in [0.717, 1.165) is 96.3 Å². The fourth-order valence-corrected chi connectivity index (χ4v) is 5.43. The third-order valence-corrected chi connectivity index (χ3v) is 8.68. The highest BCUT2D eigenvalue weighted by atomic mass is 16.3. The molecule has 0 spiro atoms. The van der Waals surface area contributed by atoms with Crippen LogP contribution in [0.1, 0.15) is 162 Å². The van der Waals surface area contributed by atoms with E-state index in [1.807, 2.05) is 6.08 Å². The van der Waals surface area contributed by atoms with Gasteiger partial charge >= 0.3 is 0 Å². The van der Waals surface area contributed by atoms with Gasteiger partial charge in [-0.2, -0.15) is 0 Å². The summed E-state index contributed by atoms with van der Waals surface area (Å²) in [6, 6.07) is -0.649. The topological polar surface area (TPSA) is 69.6 Å². The Balaban J connectivity index is 3.65. The summed E-state index contributed by atoms with van der Waals surface area (Å²) >= 11 is 0. The van der Waals surface area contributed by atoms with E-state index < -0.39 is 12.1 Å². The van der Waals surface area contributed by atoms with Gasteiger partial charge in [-0.05, 0) is 89.9 Å². The number of nitrogens with one attached hydrogen (secondary N) is 1. The Kier molecular flexibility index (Phi) is 40.6. The molecule has 0 aromatic rings. The fourth-order valence-electron chi connectivity index (χ4n) is 5.43. The molecule has 0 aliphatic carbocycles. The molecule has 2 unspecified atom stereocenters. The van der Waals surface area contributed by atoms with Gasteiger partial charge in [-0.3, -0.25) is 4.79 Å². The van der Waals surface area contributed by atoms with Crippen molar-refractivity contribution in [2.45, 2.75) is 174 Å². The Hall–Kier alpha value is -3.21. The number of hydrogen-bond donors (Lipinski definition) is 3. The maximum atomic E-state index is 12.3. The molecule has 0 bridgehead atoms. The molecule has 0 aliphatic heterocycles. The molecule has 53 heavy (non-hydrogen) atoms. The van der Waals surface area contributed by atoms with Crippen LogP contribution in [0.5, 0.6) is 0 Å². The van der Waals surface area contributed by atoms with Crippen LogP contribution in [0.4, 0.5) is 0 Å². The van der Waals surface area contributed by atoms with Crippen LogP contribution in [0.3, 0.4) is 0 Å². The number of allylic oxidation sites excluding steroid dienone is 19. The normalized spacial score (nSPS) is 14.3. The van der Waals surface area contributed by atoms with Crippen LogP contribution in [-0.4, -0.2) is 34.9 Å². The van der Waals surface area contributed by atoms with Crippen LogP contribution in [0, 0.1) is 0 Å². The van der Waals surface area contributed by atoms with Crippen molar-refractivity contribution in [3.63, 3.8) is 0 Å². The van der Waals surface area contributed by atoms with Gasteiger partial charge in [0.1, 0.15) is 0 Å². The van der Waals surface area contributed by atoms with E-state index >= 15 is 0 Å². The van der Waals surface area contributed by atoms with Crippen molar-refractivity contribution < 1.29 is 15.0 Å². The molecule has 1 amide bonds. The minimum absolute atomic E-state index is 0.0937. The first-order chi connectivity index (χ1) is 26.2. The van der Waals surface area contributed by atoms with Crippen LogP contribution in [0.25, 0.3) is 0 Å². The summed E-state index contributed by atoms with van der Waals surface area (Å²) in [4.78, 5) is 12.3. The van der Waals surface area contributed by atoms with E-state index in [0.29, 0.717) is 6.42 Å². The number of carbonyl (C=O) groups is 1. The van der Waals surface area contributed by atoms with Crippen molar-refractivity contribution in [2.24, 2.45) is 0 Å². The minimum atomic E-state index is -0.870. The lowest BCUT2D eigenvalue weighted by Gasteiger charge is -2.19. The standard InChI is InChI=1S/C49H79NO3/c1-3-5-7-9-11-13-14-15-16-17-18-19-20-21-22-23-24-25-26-27-28-29-30-31-32-33-34-35-36-37-39-41-43-45-49(53)50-47(46-51)48(52)44-42-40-38-12-10-8-6-4-2/h5,7,10-13,15-16,18-19,21-22,24-25,27-28,30-31,42,44,47-48,51-52H,3-4,6,8-9,14,17,20,23,26,29,32-41,43,45-46H2,1-2H3,(H,50,53)/b7-5-,12-10+,13-11-,16-15-,19-18-,22-21-,25-24-,28-27-,31-30-,44-42+. The Morgan fingerprint density at radius 3 is 1.32 bits per heavy atom.